The fraction of sp³-hybridized carbons (Fsp3) is 0.846. The number of piperidine rings is 1. The molecular weight excluding hydrogens is 216 g/mol. The Balaban J connectivity index is 2.56. The predicted molar refractivity (Wildman–Crippen MR) is 67.7 cm³/mol. The molecule has 0 aromatic heterocycles. The fourth-order valence-electron chi connectivity index (χ4n) is 2.02. The highest BCUT2D eigenvalue weighted by Crippen LogP contribution is 2.13. The molecule has 4 nitrogen and oxygen atoms in total. The van der Waals surface area contributed by atoms with Crippen LogP contribution in [-0.4, -0.2) is 41.8 Å². The van der Waals surface area contributed by atoms with Crippen molar-refractivity contribution in [3.8, 4) is 0 Å². The van der Waals surface area contributed by atoms with Crippen molar-refractivity contribution in [3.63, 3.8) is 0 Å². The molecule has 1 aliphatic rings. The van der Waals surface area contributed by atoms with Crippen molar-refractivity contribution in [2.24, 2.45) is 5.92 Å². The van der Waals surface area contributed by atoms with E-state index in [1.165, 1.54) is 0 Å². The second-order valence-electron chi connectivity index (χ2n) is 5.40. The number of likely N-dealkylation sites (tertiary alicyclic amines) is 1. The lowest BCUT2D eigenvalue weighted by Gasteiger charge is -2.33. The van der Waals surface area contributed by atoms with E-state index in [0.717, 1.165) is 12.8 Å². The van der Waals surface area contributed by atoms with Gasteiger partial charge in [-0.15, -0.1) is 0 Å². The average molecular weight is 240 g/mol. The highest BCUT2D eigenvalue weighted by Gasteiger charge is 2.30. The minimum Gasteiger partial charge on any atom is -0.334 e. The molecule has 0 aliphatic carbocycles. The summed E-state index contributed by atoms with van der Waals surface area (Å²) in [6, 6.07) is 0.188. The van der Waals surface area contributed by atoms with Crippen LogP contribution in [-0.2, 0) is 9.59 Å². The number of amides is 1. The molecule has 0 unspecified atom stereocenters. The Morgan fingerprint density at radius 2 is 2.06 bits per heavy atom. The standard InChI is InChI=1S/C13H24N2O2/c1-9(2)12(16)8-15-7-5-6-11(13(15)17)14-10(3)4/h9-11,14H,5-8H2,1-4H3/t11-/m0/s1. The number of nitrogens with zero attached hydrogens (tertiary/aromatic N) is 1. The third-order valence-electron chi connectivity index (χ3n) is 3.06. The van der Waals surface area contributed by atoms with E-state index in [-0.39, 0.29) is 30.2 Å². The molecular formula is C13H24N2O2. The van der Waals surface area contributed by atoms with Gasteiger partial charge in [-0.3, -0.25) is 9.59 Å². The third kappa shape index (κ3) is 4.11. The van der Waals surface area contributed by atoms with Crippen LogP contribution >= 0.6 is 0 Å². The summed E-state index contributed by atoms with van der Waals surface area (Å²) in [6.45, 7) is 8.80. The molecule has 1 fully saturated rings. The topological polar surface area (TPSA) is 49.4 Å². The van der Waals surface area contributed by atoms with E-state index < -0.39 is 0 Å². The van der Waals surface area contributed by atoms with Crippen molar-refractivity contribution in [2.75, 3.05) is 13.1 Å². The highest BCUT2D eigenvalue weighted by atomic mass is 16.2. The van der Waals surface area contributed by atoms with Crippen LogP contribution in [0.4, 0.5) is 0 Å². The Kier molecular flexibility index (Phi) is 5.12. The van der Waals surface area contributed by atoms with Gasteiger partial charge in [0, 0.05) is 18.5 Å². The van der Waals surface area contributed by atoms with Gasteiger partial charge in [0.1, 0.15) is 0 Å². The van der Waals surface area contributed by atoms with Gasteiger partial charge in [0.2, 0.25) is 5.91 Å². The van der Waals surface area contributed by atoms with Crippen molar-refractivity contribution in [1.82, 2.24) is 10.2 Å². The van der Waals surface area contributed by atoms with Gasteiger partial charge >= 0.3 is 0 Å². The molecule has 1 aliphatic heterocycles. The number of Topliss-reactive ketones (excluding diaryl/α,β-unsaturated/α-hetero) is 1. The van der Waals surface area contributed by atoms with E-state index in [1.807, 2.05) is 27.7 Å². The number of carbonyl (C=O) groups is 2. The third-order valence-corrected chi connectivity index (χ3v) is 3.06. The lowest BCUT2D eigenvalue weighted by atomic mass is 10.0. The minimum atomic E-state index is -0.108. The molecule has 0 bridgehead atoms. The summed E-state index contributed by atoms with van der Waals surface area (Å²) >= 11 is 0. The highest BCUT2D eigenvalue weighted by molar-refractivity contribution is 5.89. The van der Waals surface area contributed by atoms with Gasteiger partial charge in [-0.05, 0) is 12.8 Å². The minimum absolute atomic E-state index is 0.00114. The van der Waals surface area contributed by atoms with Gasteiger partial charge in [0.05, 0.1) is 12.6 Å². The van der Waals surface area contributed by atoms with Crippen molar-refractivity contribution in [2.45, 2.75) is 52.6 Å². The summed E-state index contributed by atoms with van der Waals surface area (Å²) in [5.74, 6) is 0.226. The first-order valence-corrected chi connectivity index (χ1v) is 6.49. The van der Waals surface area contributed by atoms with Gasteiger partial charge in [0.25, 0.3) is 0 Å². The van der Waals surface area contributed by atoms with Gasteiger partial charge in [0.15, 0.2) is 5.78 Å². The molecule has 1 atom stereocenters. The first-order chi connectivity index (χ1) is 7.91. The normalized spacial score (nSPS) is 21.4. The maximum atomic E-state index is 12.1. The fourth-order valence-corrected chi connectivity index (χ4v) is 2.02. The van der Waals surface area contributed by atoms with Crippen LogP contribution in [0.1, 0.15) is 40.5 Å². The van der Waals surface area contributed by atoms with E-state index in [9.17, 15) is 9.59 Å². The lowest BCUT2D eigenvalue weighted by Crippen LogP contribution is -2.53. The van der Waals surface area contributed by atoms with Crippen LogP contribution < -0.4 is 5.32 Å². The Bertz CT molecular complexity index is 287. The van der Waals surface area contributed by atoms with Crippen LogP contribution in [0.15, 0.2) is 0 Å². The molecule has 1 rings (SSSR count). The van der Waals surface area contributed by atoms with Crippen LogP contribution in [0.2, 0.25) is 0 Å². The quantitative estimate of drug-likeness (QED) is 0.785. The van der Waals surface area contributed by atoms with Crippen molar-refractivity contribution in [1.29, 1.82) is 0 Å². The monoisotopic (exact) mass is 240 g/mol. The van der Waals surface area contributed by atoms with Crippen LogP contribution in [0.25, 0.3) is 0 Å². The predicted octanol–water partition coefficient (Wildman–Crippen LogP) is 1.20. The zero-order valence-corrected chi connectivity index (χ0v) is 11.3. The first-order valence-electron chi connectivity index (χ1n) is 6.49. The van der Waals surface area contributed by atoms with Crippen molar-refractivity contribution < 1.29 is 9.59 Å². The summed E-state index contributed by atoms with van der Waals surface area (Å²) in [7, 11) is 0. The van der Waals surface area contributed by atoms with E-state index in [4.69, 9.17) is 0 Å². The summed E-state index contributed by atoms with van der Waals surface area (Å²) in [5.41, 5.74) is 0. The Hall–Kier alpha value is -0.900. The van der Waals surface area contributed by atoms with E-state index in [2.05, 4.69) is 5.32 Å². The SMILES string of the molecule is CC(C)N[C@H]1CCCN(CC(=O)C(C)C)C1=O. The molecule has 4 heteroatoms. The summed E-state index contributed by atoms with van der Waals surface area (Å²) in [4.78, 5) is 25.5. The maximum absolute atomic E-state index is 12.1. The van der Waals surface area contributed by atoms with Crippen LogP contribution in [0.3, 0.4) is 0 Å². The number of nitrogens with one attached hydrogen (secondary N) is 1. The van der Waals surface area contributed by atoms with Crippen LogP contribution in [0.5, 0.6) is 0 Å². The summed E-state index contributed by atoms with van der Waals surface area (Å²) in [5, 5.41) is 3.26. The maximum Gasteiger partial charge on any atom is 0.240 e. The second-order valence-corrected chi connectivity index (χ2v) is 5.40. The van der Waals surface area contributed by atoms with Gasteiger partial charge in [-0.2, -0.15) is 0 Å². The molecule has 0 radical (unpaired) electrons. The molecule has 98 valence electrons. The molecule has 1 N–H and O–H groups in total. The molecule has 1 heterocycles. The second kappa shape index (κ2) is 6.15. The Morgan fingerprint density at radius 3 is 2.59 bits per heavy atom. The molecule has 17 heavy (non-hydrogen) atoms. The lowest BCUT2D eigenvalue weighted by molar-refractivity contribution is -0.140. The Labute approximate surface area is 104 Å². The first kappa shape index (κ1) is 14.2. The molecule has 1 saturated heterocycles. The largest absolute Gasteiger partial charge is 0.334 e. The van der Waals surface area contributed by atoms with E-state index in [1.54, 1.807) is 4.90 Å². The molecule has 0 aromatic carbocycles. The average Bonchev–Trinajstić information content (AvgIpc) is 2.23. The Morgan fingerprint density at radius 1 is 1.41 bits per heavy atom. The number of hydrogen-bond acceptors (Lipinski definition) is 3. The van der Waals surface area contributed by atoms with Gasteiger partial charge in [-0.25, -0.2) is 0 Å². The number of hydrogen-bond donors (Lipinski definition) is 1. The smallest absolute Gasteiger partial charge is 0.240 e. The number of rotatable bonds is 5. The number of ketones is 1. The van der Waals surface area contributed by atoms with Crippen molar-refractivity contribution in [3.05, 3.63) is 0 Å². The van der Waals surface area contributed by atoms with Crippen molar-refractivity contribution >= 4 is 11.7 Å². The van der Waals surface area contributed by atoms with E-state index in [0.29, 0.717) is 12.6 Å². The number of carbonyl (C=O) groups excluding carboxylic acids is 2. The van der Waals surface area contributed by atoms with Crippen LogP contribution in [0, 0.1) is 5.92 Å². The zero-order chi connectivity index (χ0) is 13.0. The molecule has 0 spiro atoms. The van der Waals surface area contributed by atoms with Gasteiger partial charge < -0.3 is 10.2 Å². The summed E-state index contributed by atoms with van der Waals surface area (Å²) < 4.78 is 0. The molecule has 0 saturated carbocycles. The molecule has 0 aromatic rings. The van der Waals surface area contributed by atoms with Gasteiger partial charge in [-0.1, -0.05) is 27.7 Å². The zero-order valence-electron chi connectivity index (χ0n) is 11.3. The molecule has 1 amide bonds. The van der Waals surface area contributed by atoms with E-state index >= 15 is 0 Å². The summed E-state index contributed by atoms with van der Waals surface area (Å²) in [6.07, 6.45) is 1.85.